The van der Waals surface area contributed by atoms with Crippen LogP contribution >= 0.6 is 0 Å². The van der Waals surface area contributed by atoms with Gasteiger partial charge in [0.25, 0.3) is 0 Å². The summed E-state index contributed by atoms with van der Waals surface area (Å²) in [6.07, 6.45) is 3.68. The van der Waals surface area contributed by atoms with Gasteiger partial charge in [-0.15, -0.1) is 0 Å². The lowest BCUT2D eigenvalue weighted by molar-refractivity contribution is -0.147. The first-order valence-corrected chi connectivity index (χ1v) is 11.2. The molecule has 0 spiro atoms. The number of hydrogen-bond acceptors (Lipinski definition) is 5. The molecule has 0 N–H and O–H groups in total. The van der Waals surface area contributed by atoms with Gasteiger partial charge in [-0.3, -0.25) is 4.79 Å². The van der Waals surface area contributed by atoms with E-state index in [-0.39, 0.29) is 35.8 Å². The van der Waals surface area contributed by atoms with Crippen LogP contribution in [-0.4, -0.2) is 18.5 Å². The van der Waals surface area contributed by atoms with Gasteiger partial charge in [0.05, 0.1) is 12.5 Å². The van der Waals surface area contributed by atoms with Crippen LogP contribution < -0.4 is 4.74 Å². The first kappa shape index (κ1) is 23.6. The van der Waals surface area contributed by atoms with E-state index in [1.54, 1.807) is 6.92 Å². The van der Waals surface area contributed by atoms with Crippen molar-refractivity contribution in [3.63, 3.8) is 0 Å². The minimum absolute atomic E-state index is 0.0403. The van der Waals surface area contributed by atoms with Crippen LogP contribution in [0.3, 0.4) is 0 Å². The van der Waals surface area contributed by atoms with Crippen LogP contribution in [0.4, 0.5) is 0 Å². The van der Waals surface area contributed by atoms with E-state index in [4.69, 9.17) is 14.2 Å². The summed E-state index contributed by atoms with van der Waals surface area (Å²) in [5, 5.41) is 0. The van der Waals surface area contributed by atoms with E-state index in [0.717, 1.165) is 24.2 Å². The SMILES string of the molecule is CCCCOC(=O)/C(C)=C/C1C(C(=O)OCc2cccc(Oc3ccccc3)c2)C1(C)C. The molecule has 0 aromatic heterocycles. The highest BCUT2D eigenvalue weighted by molar-refractivity contribution is 5.88. The number of esters is 2. The van der Waals surface area contributed by atoms with Crippen molar-refractivity contribution >= 4 is 11.9 Å². The highest BCUT2D eigenvalue weighted by atomic mass is 16.5. The number of hydrogen-bond donors (Lipinski definition) is 0. The Morgan fingerprint density at radius 1 is 1.00 bits per heavy atom. The van der Waals surface area contributed by atoms with Crippen LogP contribution in [0.25, 0.3) is 0 Å². The molecule has 0 bridgehead atoms. The summed E-state index contributed by atoms with van der Waals surface area (Å²) in [7, 11) is 0. The van der Waals surface area contributed by atoms with E-state index in [1.165, 1.54) is 0 Å². The Hall–Kier alpha value is -3.08. The lowest BCUT2D eigenvalue weighted by Crippen LogP contribution is -2.11. The maximum Gasteiger partial charge on any atom is 0.333 e. The van der Waals surface area contributed by atoms with Crippen molar-refractivity contribution in [2.24, 2.45) is 17.3 Å². The lowest BCUT2D eigenvalue weighted by atomic mass is 10.1. The number of ether oxygens (including phenoxy) is 3. The van der Waals surface area contributed by atoms with Crippen molar-refractivity contribution in [3.05, 3.63) is 71.8 Å². The van der Waals surface area contributed by atoms with Gasteiger partial charge in [-0.05, 0) is 54.5 Å². The molecule has 0 amide bonds. The fourth-order valence-corrected chi connectivity index (χ4v) is 3.77. The minimum Gasteiger partial charge on any atom is -0.462 e. The molecule has 1 saturated carbocycles. The van der Waals surface area contributed by atoms with Crippen LogP contribution in [0.15, 0.2) is 66.2 Å². The van der Waals surface area contributed by atoms with Crippen LogP contribution in [0.5, 0.6) is 11.5 Å². The van der Waals surface area contributed by atoms with Crippen LogP contribution in [0, 0.1) is 17.3 Å². The van der Waals surface area contributed by atoms with E-state index >= 15 is 0 Å². The predicted octanol–water partition coefficient (Wildman–Crippen LogP) is 6.08. The molecule has 2 aromatic carbocycles. The Bertz CT molecular complexity index is 961. The van der Waals surface area contributed by atoms with E-state index in [0.29, 0.717) is 17.9 Å². The predicted molar refractivity (Wildman–Crippen MR) is 123 cm³/mol. The summed E-state index contributed by atoms with van der Waals surface area (Å²) in [6.45, 7) is 8.42. The average molecular weight is 437 g/mol. The molecule has 2 atom stereocenters. The minimum atomic E-state index is -0.316. The largest absolute Gasteiger partial charge is 0.462 e. The molecule has 2 unspecified atom stereocenters. The smallest absolute Gasteiger partial charge is 0.333 e. The maximum absolute atomic E-state index is 12.7. The molecule has 1 fully saturated rings. The fraction of sp³-hybridized carbons (Fsp3) is 0.407. The molecule has 0 radical (unpaired) electrons. The number of benzene rings is 2. The molecular weight excluding hydrogens is 404 g/mol. The molecule has 3 rings (SSSR count). The Kier molecular flexibility index (Phi) is 7.73. The van der Waals surface area contributed by atoms with Gasteiger partial charge in [0, 0.05) is 5.57 Å². The molecule has 1 aliphatic carbocycles. The summed E-state index contributed by atoms with van der Waals surface area (Å²) < 4.78 is 16.7. The molecule has 5 heteroatoms. The number of allylic oxidation sites excluding steroid dienone is 1. The van der Waals surface area contributed by atoms with Gasteiger partial charge in [0.1, 0.15) is 18.1 Å². The number of carbonyl (C=O) groups is 2. The Labute approximate surface area is 190 Å². The molecule has 32 heavy (non-hydrogen) atoms. The molecule has 1 aliphatic rings. The monoisotopic (exact) mass is 436 g/mol. The highest BCUT2D eigenvalue weighted by Gasteiger charge is 2.61. The zero-order valence-corrected chi connectivity index (χ0v) is 19.3. The average Bonchev–Trinajstić information content (AvgIpc) is 3.32. The summed E-state index contributed by atoms with van der Waals surface area (Å²) in [4.78, 5) is 24.9. The van der Waals surface area contributed by atoms with Crippen LogP contribution in [0.2, 0.25) is 0 Å². The zero-order valence-electron chi connectivity index (χ0n) is 19.3. The quantitative estimate of drug-likeness (QED) is 0.256. The van der Waals surface area contributed by atoms with Gasteiger partial charge in [-0.2, -0.15) is 0 Å². The van der Waals surface area contributed by atoms with Crippen molar-refractivity contribution < 1.29 is 23.8 Å². The van der Waals surface area contributed by atoms with E-state index < -0.39 is 0 Å². The van der Waals surface area contributed by atoms with Gasteiger partial charge in [0.2, 0.25) is 0 Å². The van der Waals surface area contributed by atoms with Crippen molar-refractivity contribution in [1.29, 1.82) is 0 Å². The topological polar surface area (TPSA) is 61.8 Å². The first-order valence-electron chi connectivity index (χ1n) is 11.2. The van der Waals surface area contributed by atoms with Crippen LogP contribution in [0.1, 0.15) is 46.1 Å². The standard InChI is InChI=1S/C27H32O5/c1-5-6-15-30-25(28)19(2)16-23-24(27(23,3)4)26(29)31-18-20-11-10-14-22(17-20)32-21-12-8-7-9-13-21/h7-14,16-17,23-24H,5-6,15,18H2,1-4H3/b19-16+. The Balaban J connectivity index is 1.55. The normalized spacial score (nSPS) is 19.2. The van der Waals surface area contributed by atoms with Gasteiger partial charge < -0.3 is 14.2 Å². The Morgan fingerprint density at radius 3 is 2.44 bits per heavy atom. The van der Waals surface area contributed by atoms with Crippen molar-refractivity contribution in [2.75, 3.05) is 6.61 Å². The van der Waals surface area contributed by atoms with Gasteiger partial charge in [-0.25, -0.2) is 4.79 Å². The highest BCUT2D eigenvalue weighted by Crippen LogP contribution is 2.59. The molecule has 0 aliphatic heterocycles. The summed E-state index contributed by atoms with van der Waals surface area (Å²) in [6, 6.07) is 17.0. The summed E-state index contributed by atoms with van der Waals surface area (Å²) >= 11 is 0. The number of para-hydroxylation sites is 1. The zero-order chi connectivity index (χ0) is 23.1. The van der Waals surface area contributed by atoms with Crippen molar-refractivity contribution in [1.82, 2.24) is 0 Å². The number of carbonyl (C=O) groups excluding carboxylic acids is 2. The molecule has 0 heterocycles. The van der Waals surface area contributed by atoms with E-state index in [9.17, 15) is 9.59 Å². The van der Waals surface area contributed by atoms with Gasteiger partial charge in [-0.1, -0.05) is 63.6 Å². The maximum atomic E-state index is 12.7. The number of rotatable bonds is 10. The second kappa shape index (κ2) is 10.5. The van der Waals surface area contributed by atoms with Crippen molar-refractivity contribution in [2.45, 2.75) is 47.1 Å². The van der Waals surface area contributed by atoms with E-state index in [2.05, 4.69) is 0 Å². The molecule has 170 valence electrons. The molecule has 5 nitrogen and oxygen atoms in total. The lowest BCUT2D eigenvalue weighted by Gasteiger charge is -2.09. The fourth-order valence-electron chi connectivity index (χ4n) is 3.77. The molecule has 2 aromatic rings. The number of unbranched alkanes of at least 4 members (excludes halogenated alkanes) is 1. The second-order valence-corrected chi connectivity index (χ2v) is 8.83. The second-order valence-electron chi connectivity index (χ2n) is 8.83. The Morgan fingerprint density at radius 2 is 1.72 bits per heavy atom. The third kappa shape index (κ3) is 6.00. The van der Waals surface area contributed by atoms with Gasteiger partial charge >= 0.3 is 11.9 Å². The van der Waals surface area contributed by atoms with Crippen molar-refractivity contribution in [3.8, 4) is 11.5 Å². The third-order valence-corrected chi connectivity index (χ3v) is 5.91. The third-order valence-electron chi connectivity index (χ3n) is 5.91. The first-order chi connectivity index (χ1) is 15.3. The molecule has 0 saturated heterocycles. The summed E-state index contributed by atoms with van der Waals surface area (Å²) in [5.41, 5.74) is 1.15. The van der Waals surface area contributed by atoms with Gasteiger partial charge in [0.15, 0.2) is 0 Å². The molecular formula is C27H32O5. The van der Waals surface area contributed by atoms with E-state index in [1.807, 2.05) is 81.4 Å². The van der Waals surface area contributed by atoms with Crippen LogP contribution in [-0.2, 0) is 25.7 Å². The summed E-state index contributed by atoms with van der Waals surface area (Å²) in [5.74, 6) is 0.557.